The molecule has 1 unspecified atom stereocenters. The third kappa shape index (κ3) is 2.12. The monoisotopic (exact) mass is 360 g/mol. The van der Waals surface area contributed by atoms with E-state index in [1.54, 1.807) is 0 Å². The number of alkyl halides is 11. The first-order valence-electron chi connectivity index (χ1n) is 4.54. The summed E-state index contributed by atoms with van der Waals surface area (Å²) in [6, 6.07) is -4.31. The highest BCUT2D eigenvalue weighted by Crippen LogP contribution is 2.62. The van der Waals surface area contributed by atoms with Crippen LogP contribution in [0.4, 0.5) is 52.7 Å². The van der Waals surface area contributed by atoms with E-state index in [4.69, 9.17) is 0 Å². The molecule has 0 bridgehead atoms. The molecule has 0 aromatic rings. The molecule has 130 valence electrons. The highest BCUT2D eigenvalue weighted by atomic mass is 19.4. The molecule has 15 heteroatoms. The van der Waals surface area contributed by atoms with Gasteiger partial charge in [0.1, 0.15) is 0 Å². The molecule has 1 rings (SSSR count). The molecule has 0 aliphatic carbocycles. The fraction of sp³-hybridized carbons (Fsp3) is 0.857. The minimum absolute atomic E-state index is 2.04. The molecule has 0 saturated carbocycles. The first-order valence-corrected chi connectivity index (χ1v) is 4.54. The highest BCUT2D eigenvalue weighted by molar-refractivity contribution is 5.78. The van der Waals surface area contributed by atoms with Gasteiger partial charge in [0.2, 0.25) is 0 Å². The van der Waals surface area contributed by atoms with Gasteiger partial charge in [-0.1, -0.05) is 0 Å². The lowest BCUT2D eigenvalue weighted by Crippen LogP contribution is -2.61. The van der Waals surface area contributed by atoms with Crippen molar-refractivity contribution < 1.29 is 67.0 Å². The molecular formula is C7F12O3. The Labute approximate surface area is 110 Å². The minimum Gasteiger partial charge on any atom is -0.285 e. The quantitative estimate of drug-likeness (QED) is 0.560. The van der Waals surface area contributed by atoms with E-state index in [1.165, 1.54) is 0 Å². The Balaban J connectivity index is 3.61. The zero-order chi connectivity index (χ0) is 18.0. The van der Waals surface area contributed by atoms with Crippen LogP contribution in [0.1, 0.15) is 0 Å². The second kappa shape index (κ2) is 4.39. The molecular weight excluding hydrogens is 360 g/mol. The average molecular weight is 360 g/mol. The largest absolute Gasteiger partial charge is 0.453 e. The maximum Gasteiger partial charge on any atom is 0.453 e. The Kier molecular flexibility index (Phi) is 3.75. The lowest BCUT2D eigenvalue weighted by Gasteiger charge is -2.32. The van der Waals surface area contributed by atoms with Crippen molar-refractivity contribution in [3.63, 3.8) is 0 Å². The highest BCUT2D eigenvalue weighted by Gasteiger charge is 2.93. The van der Waals surface area contributed by atoms with Gasteiger partial charge in [0, 0.05) is 0 Å². The Morgan fingerprint density at radius 2 is 1.14 bits per heavy atom. The molecule has 1 fully saturated rings. The van der Waals surface area contributed by atoms with Gasteiger partial charge in [-0.15, -0.1) is 0 Å². The van der Waals surface area contributed by atoms with Crippen LogP contribution in [0.5, 0.6) is 0 Å². The Hall–Kier alpha value is -1.25. The summed E-state index contributed by atoms with van der Waals surface area (Å²) in [5, 5.41) is 0. The number of rotatable bonds is 2. The SMILES string of the molecule is O=C(F)C(F)(F)C1(F)OC(C(F)(F)F)(C(F)(F)F)OC1(F)F. The molecule has 1 heterocycles. The number of halogens is 12. The van der Waals surface area contributed by atoms with Crippen LogP contribution in [0.25, 0.3) is 0 Å². The molecule has 0 amide bonds. The molecule has 1 atom stereocenters. The lowest BCUT2D eigenvalue weighted by molar-refractivity contribution is -0.465. The zero-order valence-electron chi connectivity index (χ0n) is 9.26. The van der Waals surface area contributed by atoms with Gasteiger partial charge in [-0.3, -0.25) is 14.3 Å². The predicted molar refractivity (Wildman–Crippen MR) is 36.9 cm³/mol. The number of carbonyl (C=O) groups is 1. The van der Waals surface area contributed by atoms with Crippen molar-refractivity contribution >= 4 is 6.04 Å². The van der Waals surface area contributed by atoms with Crippen molar-refractivity contribution in [1.82, 2.24) is 0 Å². The molecule has 1 aliphatic heterocycles. The van der Waals surface area contributed by atoms with Gasteiger partial charge in [0.05, 0.1) is 0 Å². The maximum absolute atomic E-state index is 13.4. The number of hydrogen-bond donors (Lipinski definition) is 0. The third-order valence-electron chi connectivity index (χ3n) is 2.33. The Morgan fingerprint density at radius 3 is 1.36 bits per heavy atom. The normalized spacial score (nSPS) is 28.7. The first kappa shape index (κ1) is 18.8. The zero-order valence-corrected chi connectivity index (χ0v) is 9.26. The van der Waals surface area contributed by atoms with Crippen molar-refractivity contribution in [3.05, 3.63) is 0 Å². The van der Waals surface area contributed by atoms with E-state index in [9.17, 15) is 57.5 Å². The summed E-state index contributed by atoms with van der Waals surface area (Å²) in [6.45, 7) is 0. The third-order valence-corrected chi connectivity index (χ3v) is 2.33. The summed E-state index contributed by atoms with van der Waals surface area (Å²) in [4.78, 5) is 9.77. The first-order chi connectivity index (χ1) is 9.36. The van der Waals surface area contributed by atoms with Crippen molar-refractivity contribution in [2.45, 2.75) is 36.0 Å². The van der Waals surface area contributed by atoms with E-state index < -0.39 is 42.1 Å². The predicted octanol–water partition coefficient (Wildman–Crippen LogP) is 3.24. The molecule has 3 nitrogen and oxygen atoms in total. The summed E-state index contributed by atoms with van der Waals surface area (Å²) in [7, 11) is 0. The molecule has 1 saturated heterocycles. The molecule has 0 spiro atoms. The number of ether oxygens (including phenoxy) is 2. The van der Waals surface area contributed by atoms with Gasteiger partial charge in [0.25, 0.3) is 0 Å². The van der Waals surface area contributed by atoms with E-state index in [0.717, 1.165) is 0 Å². The summed E-state index contributed by atoms with van der Waals surface area (Å²) in [5.41, 5.74) is 0. The lowest BCUT2D eigenvalue weighted by atomic mass is 10.1. The van der Waals surface area contributed by atoms with Crippen LogP contribution in [0, 0.1) is 0 Å². The standard InChI is InChI=1S/C7F12O3/c8-1(20)2(9,10)3(11)7(18,19)22-4(21-3,5(12,13)14)6(15,16)17. The Morgan fingerprint density at radius 1 is 0.773 bits per heavy atom. The van der Waals surface area contributed by atoms with E-state index in [0.29, 0.717) is 0 Å². The molecule has 0 aromatic carbocycles. The average Bonchev–Trinajstić information content (AvgIpc) is 2.47. The van der Waals surface area contributed by atoms with Crippen molar-refractivity contribution in [1.29, 1.82) is 0 Å². The summed E-state index contributed by atoms with van der Waals surface area (Å²) in [6.07, 6.45) is -20.7. The topological polar surface area (TPSA) is 35.5 Å². The fourth-order valence-electron chi connectivity index (χ4n) is 1.29. The van der Waals surface area contributed by atoms with E-state index in [-0.39, 0.29) is 0 Å². The van der Waals surface area contributed by atoms with Gasteiger partial charge >= 0.3 is 42.1 Å². The molecule has 0 radical (unpaired) electrons. The van der Waals surface area contributed by atoms with Crippen molar-refractivity contribution in [2.75, 3.05) is 0 Å². The smallest absolute Gasteiger partial charge is 0.285 e. The van der Waals surface area contributed by atoms with Gasteiger partial charge in [-0.2, -0.15) is 52.7 Å². The van der Waals surface area contributed by atoms with Crippen molar-refractivity contribution in [3.8, 4) is 0 Å². The van der Waals surface area contributed by atoms with Gasteiger partial charge in [0.15, 0.2) is 0 Å². The van der Waals surface area contributed by atoms with Crippen LogP contribution in [0.3, 0.4) is 0 Å². The van der Waals surface area contributed by atoms with E-state index in [1.807, 2.05) is 4.74 Å². The summed E-state index contributed by atoms with van der Waals surface area (Å²) < 4.78 is 154. The maximum atomic E-state index is 13.4. The molecule has 0 N–H and O–H groups in total. The summed E-state index contributed by atoms with van der Waals surface area (Å²) in [5.74, 6) is -20.0. The van der Waals surface area contributed by atoms with Crippen LogP contribution in [-0.4, -0.2) is 42.1 Å². The Bertz CT molecular complexity index is 464. The van der Waals surface area contributed by atoms with Crippen LogP contribution in [0.15, 0.2) is 0 Å². The summed E-state index contributed by atoms with van der Waals surface area (Å²) >= 11 is 0. The van der Waals surface area contributed by atoms with Crippen LogP contribution >= 0.6 is 0 Å². The van der Waals surface area contributed by atoms with E-state index >= 15 is 0 Å². The van der Waals surface area contributed by atoms with Crippen LogP contribution in [-0.2, 0) is 14.3 Å². The van der Waals surface area contributed by atoms with Crippen LogP contribution in [0.2, 0.25) is 0 Å². The second-order valence-electron chi connectivity index (χ2n) is 3.78. The minimum atomic E-state index is -7.03. The van der Waals surface area contributed by atoms with E-state index in [2.05, 4.69) is 4.74 Å². The van der Waals surface area contributed by atoms with Gasteiger partial charge in [-0.25, -0.2) is 0 Å². The molecule has 22 heavy (non-hydrogen) atoms. The van der Waals surface area contributed by atoms with Gasteiger partial charge in [-0.05, 0) is 0 Å². The molecule has 1 aliphatic rings. The fourth-order valence-corrected chi connectivity index (χ4v) is 1.29. The van der Waals surface area contributed by atoms with Crippen LogP contribution < -0.4 is 0 Å². The number of hydrogen-bond acceptors (Lipinski definition) is 3. The van der Waals surface area contributed by atoms with Crippen molar-refractivity contribution in [2.24, 2.45) is 0 Å². The molecule has 0 aromatic heterocycles. The second-order valence-corrected chi connectivity index (χ2v) is 3.78. The number of carbonyl (C=O) groups excluding carboxylic acids is 1. The van der Waals surface area contributed by atoms with Gasteiger partial charge < -0.3 is 0 Å².